The largest absolute Gasteiger partial charge is 0.368 e. The van der Waals surface area contributed by atoms with Gasteiger partial charge in [-0.1, -0.05) is 13.0 Å². The van der Waals surface area contributed by atoms with E-state index in [1.54, 1.807) is 19.3 Å². The maximum absolute atomic E-state index is 12.2. The van der Waals surface area contributed by atoms with Crippen molar-refractivity contribution in [2.45, 2.75) is 44.6 Å². The molecule has 1 saturated heterocycles. The smallest absolute Gasteiger partial charge is 0.269 e. The summed E-state index contributed by atoms with van der Waals surface area (Å²) in [7, 11) is 1.61. The lowest BCUT2D eigenvalue weighted by atomic mass is 10.0. The van der Waals surface area contributed by atoms with Crippen molar-refractivity contribution >= 4 is 11.6 Å². The maximum Gasteiger partial charge on any atom is 0.269 e. The first kappa shape index (κ1) is 20.6. The summed E-state index contributed by atoms with van der Waals surface area (Å²) in [6.07, 6.45) is 6.00. The molecule has 2 aromatic heterocycles. The molecular weight excluding hydrogens is 378 g/mol. The summed E-state index contributed by atoms with van der Waals surface area (Å²) in [5.74, 6) is 0.293. The Balaban J connectivity index is 1.32. The van der Waals surface area contributed by atoms with Gasteiger partial charge in [0, 0.05) is 56.4 Å². The molecule has 1 saturated carbocycles. The standard InChI is InChI=1S/C23H31N5O2/c1-3-16-5-8-20(26-22(16)29)17-4-6-18(14-17)27-10-12-28(13-11-27)19-7-9-21(25-15-19)23(30)24-2/h5,7-9,15,17-18H,3-4,6,10-14H2,1-2H3,(H,24,30)(H,26,29). The molecule has 2 unspecified atom stereocenters. The molecule has 3 heterocycles. The zero-order valence-electron chi connectivity index (χ0n) is 17.9. The number of rotatable bonds is 5. The van der Waals surface area contributed by atoms with Crippen LogP contribution in [0.3, 0.4) is 0 Å². The lowest BCUT2D eigenvalue weighted by molar-refractivity contribution is 0.0958. The van der Waals surface area contributed by atoms with E-state index in [1.807, 2.05) is 19.1 Å². The van der Waals surface area contributed by atoms with Gasteiger partial charge in [0.05, 0.1) is 11.9 Å². The van der Waals surface area contributed by atoms with E-state index >= 15 is 0 Å². The zero-order valence-corrected chi connectivity index (χ0v) is 17.9. The van der Waals surface area contributed by atoms with Crippen molar-refractivity contribution in [3.05, 3.63) is 57.8 Å². The van der Waals surface area contributed by atoms with E-state index in [4.69, 9.17) is 0 Å². The second-order valence-electron chi connectivity index (χ2n) is 8.29. The van der Waals surface area contributed by atoms with Crippen LogP contribution >= 0.6 is 0 Å². The van der Waals surface area contributed by atoms with Gasteiger partial charge in [-0.2, -0.15) is 0 Å². The Bertz CT molecular complexity index is 931. The van der Waals surface area contributed by atoms with Gasteiger partial charge in [0.2, 0.25) is 0 Å². The number of aryl methyl sites for hydroxylation is 1. The quantitative estimate of drug-likeness (QED) is 0.791. The van der Waals surface area contributed by atoms with E-state index in [0.29, 0.717) is 17.7 Å². The van der Waals surface area contributed by atoms with E-state index in [-0.39, 0.29) is 11.5 Å². The molecule has 30 heavy (non-hydrogen) atoms. The number of aromatic nitrogens is 2. The Kier molecular flexibility index (Phi) is 6.18. The highest BCUT2D eigenvalue weighted by atomic mass is 16.1. The Morgan fingerprint density at radius 1 is 1.17 bits per heavy atom. The van der Waals surface area contributed by atoms with Crippen LogP contribution in [0.25, 0.3) is 0 Å². The summed E-state index contributed by atoms with van der Waals surface area (Å²) in [5.41, 5.74) is 3.55. The van der Waals surface area contributed by atoms with Gasteiger partial charge < -0.3 is 15.2 Å². The highest BCUT2D eigenvalue weighted by Crippen LogP contribution is 2.36. The summed E-state index contributed by atoms with van der Waals surface area (Å²) in [6, 6.07) is 8.45. The van der Waals surface area contributed by atoms with Crippen LogP contribution < -0.4 is 15.8 Å². The number of nitrogens with zero attached hydrogens (tertiary/aromatic N) is 3. The molecule has 7 nitrogen and oxygen atoms in total. The number of hydrogen-bond acceptors (Lipinski definition) is 5. The molecule has 160 valence electrons. The lowest BCUT2D eigenvalue weighted by Crippen LogP contribution is -2.49. The van der Waals surface area contributed by atoms with E-state index in [1.165, 1.54) is 6.42 Å². The van der Waals surface area contributed by atoms with Crippen molar-refractivity contribution in [1.29, 1.82) is 0 Å². The number of aromatic amines is 1. The molecule has 2 N–H and O–H groups in total. The summed E-state index contributed by atoms with van der Waals surface area (Å²) in [6.45, 7) is 6.00. The van der Waals surface area contributed by atoms with Crippen LogP contribution in [0.15, 0.2) is 35.3 Å². The fraction of sp³-hybridized carbons (Fsp3) is 0.522. The molecule has 0 aromatic carbocycles. The molecule has 2 atom stereocenters. The molecule has 0 bridgehead atoms. The van der Waals surface area contributed by atoms with Gasteiger partial charge in [-0.25, -0.2) is 4.98 Å². The average Bonchev–Trinajstić information content (AvgIpc) is 3.29. The summed E-state index contributed by atoms with van der Waals surface area (Å²) >= 11 is 0. The van der Waals surface area contributed by atoms with Crippen LogP contribution in [0, 0.1) is 0 Å². The Morgan fingerprint density at radius 3 is 2.60 bits per heavy atom. The topological polar surface area (TPSA) is 81.3 Å². The highest BCUT2D eigenvalue weighted by molar-refractivity contribution is 5.92. The fourth-order valence-electron chi connectivity index (χ4n) is 4.79. The van der Waals surface area contributed by atoms with Crippen molar-refractivity contribution < 1.29 is 4.79 Å². The number of carbonyl (C=O) groups is 1. The Morgan fingerprint density at radius 2 is 1.97 bits per heavy atom. The third-order valence-corrected chi connectivity index (χ3v) is 6.64. The van der Waals surface area contributed by atoms with Crippen LogP contribution in [-0.2, 0) is 6.42 Å². The zero-order chi connectivity index (χ0) is 21.1. The normalized spacial score (nSPS) is 22.3. The second-order valence-corrected chi connectivity index (χ2v) is 8.29. The Labute approximate surface area is 177 Å². The van der Waals surface area contributed by atoms with Crippen LogP contribution in [0.2, 0.25) is 0 Å². The minimum absolute atomic E-state index is 0.0723. The van der Waals surface area contributed by atoms with Crippen molar-refractivity contribution in [2.75, 3.05) is 38.1 Å². The van der Waals surface area contributed by atoms with Gasteiger partial charge in [0.1, 0.15) is 5.69 Å². The van der Waals surface area contributed by atoms with Gasteiger partial charge in [-0.05, 0) is 43.9 Å². The van der Waals surface area contributed by atoms with Crippen molar-refractivity contribution in [1.82, 2.24) is 20.2 Å². The third-order valence-electron chi connectivity index (χ3n) is 6.64. The van der Waals surface area contributed by atoms with Gasteiger partial charge in [-0.15, -0.1) is 0 Å². The van der Waals surface area contributed by atoms with Crippen molar-refractivity contribution in [3.63, 3.8) is 0 Å². The van der Waals surface area contributed by atoms with Crippen molar-refractivity contribution in [3.8, 4) is 0 Å². The first-order valence-electron chi connectivity index (χ1n) is 11.0. The van der Waals surface area contributed by atoms with Gasteiger partial charge in [0.15, 0.2) is 0 Å². The third kappa shape index (κ3) is 4.26. The van der Waals surface area contributed by atoms with E-state index in [0.717, 1.165) is 62.4 Å². The number of hydrogen-bond donors (Lipinski definition) is 2. The van der Waals surface area contributed by atoms with Crippen LogP contribution in [0.1, 0.15) is 53.8 Å². The maximum atomic E-state index is 12.2. The Hall–Kier alpha value is -2.67. The molecule has 2 fully saturated rings. The number of anilines is 1. The molecule has 1 aliphatic carbocycles. The number of nitrogens with one attached hydrogen (secondary N) is 2. The SMILES string of the molecule is CCc1ccc(C2CCC(N3CCN(c4ccc(C(=O)NC)nc4)CC3)C2)[nH]c1=O. The molecule has 1 amide bonds. The highest BCUT2D eigenvalue weighted by Gasteiger charge is 2.32. The molecule has 7 heteroatoms. The molecule has 2 aromatic rings. The predicted octanol–water partition coefficient (Wildman–Crippen LogP) is 2.15. The minimum Gasteiger partial charge on any atom is -0.368 e. The average molecular weight is 410 g/mol. The molecule has 0 radical (unpaired) electrons. The molecule has 2 aliphatic rings. The van der Waals surface area contributed by atoms with Crippen LogP contribution in [0.4, 0.5) is 5.69 Å². The first-order chi connectivity index (χ1) is 14.6. The molecule has 4 rings (SSSR count). The molecule has 0 spiro atoms. The van der Waals surface area contributed by atoms with Gasteiger partial charge in [-0.3, -0.25) is 14.5 Å². The molecule has 1 aliphatic heterocycles. The number of pyridine rings is 2. The molecular formula is C23H31N5O2. The summed E-state index contributed by atoms with van der Waals surface area (Å²) in [5, 5.41) is 2.60. The summed E-state index contributed by atoms with van der Waals surface area (Å²) < 4.78 is 0. The van der Waals surface area contributed by atoms with Crippen LogP contribution in [-0.4, -0.2) is 60.0 Å². The monoisotopic (exact) mass is 409 g/mol. The second kappa shape index (κ2) is 9.00. The number of carbonyl (C=O) groups excluding carboxylic acids is 1. The van der Waals surface area contributed by atoms with Crippen molar-refractivity contribution in [2.24, 2.45) is 0 Å². The lowest BCUT2D eigenvalue weighted by Gasteiger charge is -2.39. The number of amides is 1. The van der Waals surface area contributed by atoms with Gasteiger partial charge in [0.25, 0.3) is 11.5 Å². The fourth-order valence-corrected chi connectivity index (χ4v) is 4.79. The summed E-state index contributed by atoms with van der Waals surface area (Å²) in [4.78, 5) is 36.2. The number of H-pyrrole nitrogens is 1. The van der Waals surface area contributed by atoms with E-state index in [2.05, 4.69) is 31.2 Å². The number of piperazine rings is 1. The van der Waals surface area contributed by atoms with Crippen LogP contribution in [0.5, 0.6) is 0 Å². The van der Waals surface area contributed by atoms with E-state index in [9.17, 15) is 9.59 Å². The van der Waals surface area contributed by atoms with E-state index < -0.39 is 0 Å². The van der Waals surface area contributed by atoms with Gasteiger partial charge >= 0.3 is 0 Å². The predicted molar refractivity (Wildman–Crippen MR) is 118 cm³/mol. The minimum atomic E-state index is -0.159. The first-order valence-corrected chi connectivity index (χ1v) is 11.0.